The van der Waals surface area contributed by atoms with Crippen molar-refractivity contribution in [1.29, 1.82) is 0 Å². The summed E-state index contributed by atoms with van der Waals surface area (Å²) in [5, 5.41) is 0.180. The molecule has 0 N–H and O–H groups in total. The Kier molecular flexibility index (Phi) is 3.32. The zero-order valence-corrected chi connectivity index (χ0v) is 11.7. The predicted octanol–water partition coefficient (Wildman–Crippen LogP) is 0.820. The summed E-state index contributed by atoms with van der Waals surface area (Å²) in [5.74, 6) is 0. The molecule has 0 bridgehead atoms. The van der Waals surface area contributed by atoms with Crippen molar-refractivity contribution in [2.45, 2.75) is 31.2 Å². The Morgan fingerprint density at radius 1 is 1.27 bits per heavy atom. The molecule has 0 aliphatic carbocycles. The highest BCUT2D eigenvalue weighted by atomic mass is 28.1. The Morgan fingerprint density at radius 2 is 2.00 bits per heavy atom. The lowest BCUT2D eigenvalue weighted by Crippen LogP contribution is -2.55. The Bertz CT molecular complexity index is 309. The van der Waals surface area contributed by atoms with E-state index in [2.05, 4.69) is 37.2 Å². The van der Waals surface area contributed by atoms with Crippen LogP contribution in [-0.2, 0) is 4.74 Å². The van der Waals surface area contributed by atoms with Gasteiger partial charge in [-0.3, -0.25) is 0 Å². The minimum Gasteiger partial charge on any atom is -0.387 e. The van der Waals surface area contributed by atoms with E-state index >= 15 is 0 Å². The molecule has 0 spiro atoms. The highest BCUT2D eigenvalue weighted by Crippen LogP contribution is 2.24. The number of rotatable bonds is 2. The maximum Gasteiger partial charge on any atom is 0.205 e. The molecule has 1 heterocycles. The summed E-state index contributed by atoms with van der Waals surface area (Å²) in [4.78, 5) is 0. The second kappa shape index (κ2) is 4.54. The molecular formula is C12H19BOSi. The zero-order chi connectivity index (χ0) is 10.7. The number of benzene rings is 1. The molecule has 0 amide bonds. The fourth-order valence-corrected chi connectivity index (χ4v) is 3.28. The maximum absolute atomic E-state index is 6.04. The van der Waals surface area contributed by atoms with Crippen molar-refractivity contribution in [3.8, 4) is 0 Å². The molecular weight excluding hydrogens is 199 g/mol. The largest absolute Gasteiger partial charge is 0.387 e. The van der Waals surface area contributed by atoms with E-state index in [-0.39, 0.29) is 5.12 Å². The third-order valence-corrected chi connectivity index (χ3v) is 5.37. The number of ether oxygens (including phenoxy) is 1. The smallest absolute Gasteiger partial charge is 0.205 e. The molecule has 2 rings (SSSR count). The average molecular weight is 218 g/mol. The first kappa shape index (κ1) is 11.0. The predicted molar refractivity (Wildman–Crippen MR) is 70.2 cm³/mol. The molecule has 1 nitrogen and oxygen atoms in total. The summed E-state index contributed by atoms with van der Waals surface area (Å²) >= 11 is 0. The summed E-state index contributed by atoms with van der Waals surface area (Å²) in [5.41, 5.74) is 1.43. The van der Waals surface area contributed by atoms with Crippen LogP contribution in [0.15, 0.2) is 30.3 Å². The molecule has 3 heteroatoms. The van der Waals surface area contributed by atoms with Gasteiger partial charge >= 0.3 is 0 Å². The molecule has 0 radical (unpaired) electrons. The van der Waals surface area contributed by atoms with Crippen molar-refractivity contribution < 1.29 is 4.74 Å². The van der Waals surface area contributed by atoms with E-state index in [1.807, 2.05) is 0 Å². The van der Waals surface area contributed by atoms with Crippen molar-refractivity contribution in [2.75, 3.05) is 6.61 Å². The van der Waals surface area contributed by atoms with Crippen molar-refractivity contribution >= 4 is 22.4 Å². The second-order valence-corrected chi connectivity index (χ2v) is 6.44. The van der Waals surface area contributed by atoms with E-state index in [0.29, 0.717) is 6.71 Å². The van der Waals surface area contributed by atoms with Crippen molar-refractivity contribution in [3.63, 3.8) is 0 Å². The van der Waals surface area contributed by atoms with Gasteiger partial charge in [-0.2, -0.15) is 0 Å². The average Bonchev–Trinajstić information content (AvgIpc) is 2.30. The zero-order valence-electron chi connectivity index (χ0n) is 9.70. The third-order valence-electron chi connectivity index (χ3n) is 3.71. The molecule has 1 atom stereocenters. The van der Waals surface area contributed by atoms with Crippen LogP contribution in [0.5, 0.6) is 0 Å². The van der Waals surface area contributed by atoms with Gasteiger partial charge in [-0.05, 0) is 19.3 Å². The van der Waals surface area contributed by atoms with Gasteiger partial charge in [-0.25, -0.2) is 0 Å². The number of hydrogen-bond acceptors (Lipinski definition) is 1. The molecule has 0 aromatic heterocycles. The molecule has 0 saturated carbocycles. The lowest BCUT2D eigenvalue weighted by Gasteiger charge is -2.38. The first-order valence-electron chi connectivity index (χ1n) is 5.91. The van der Waals surface area contributed by atoms with Crippen LogP contribution in [0.25, 0.3) is 0 Å². The SMILES string of the molecule is CB(c1ccccc1)C1([SiH3])CCCCO1. The highest BCUT2D eigenvalue weighted by Gasteiger charge is 2.37. The fourth-order valence-electron chi connectivity index (χ4n) is 2.39. The lowest BCUT2D eigenvalue weighted by molar-refractivity contribution is 0.0343. The minimum atomic E-state index is 0.180. The third kappa shape index (κ3) is 2.35. The fraction of sp³-hybridized carbons (Fsp3) is 0.500. The molecule has 1 fully saturated rings. The monoisotopic (exact) mass is 218 g/mol. The number of hydrogen-bond donors (Lipinski definition) is 0. The quantitative estimate of drug-likeness (QED) is 0.668. The maximum atomic E-state index is 6.04. The lowest BCUT2D eigenvalue weighted by atomic mass is 9.41. The van der Waals surface area contributed by atoms with Crippen LogP contribution in [0.3, 0.4) is 0 Å². The first-order chi connectivity index (χ1) is 7.22. The van der Waals surface area contributed by atoms with Gasteiger partial charge in [-0.15, -0.1) is 0 Å². The molecule has 1 aromatic rings. The molecule has 1 unspecified atom stereocenters. The van der Waals surface area contributed by atoms with E-state index in [1.54, 1.807) is 0 Å². The van der Waals surface area contributed by atoms with E-state index < -0.39 is 0 Å². The normalized spacial score (nSPS) is 26.5. The second-order valence-electron chi connectivity index (χ2n) is 4.75. The van der Waals surface area contributed by atoms with Crippen molar-refractivity contribution in [2.24, 2.45) is 0 Å². The molecule has 80 valence electrons. The summed E-state index contributed by atoms with van der Waals surface area (Å²) in [6, 6.07) is 10.8. The Morgan fingerprint density at radius 3 is 2.60 bits per heavy atom. The van der Waals surface area contributed by atoms with Crippen LogP contribution in [0.2, 0.25) is 6.82 Å². The van der Waals surface area contributed by atoms with E-state index in [4.69, 9.17) is 4.74 Å². The Labute approximate surface area is 95.7 Å². The van der Waals surface area contributed by atoms with Crippen LogP contribution in [-0.4, -0.2) is 28.7 Å². The van der Waals surface area contributed by atoms with E-state index in [1.165, 1.54) is 24.7 Å². The first-order valence-corrected chi connectivity index (χ1v) is 6.91. The van der Waals surface area contributed by atoms with Crippen LogP contribution >= 0.6 is 0 Å². The van der Waals surface area contributed by atoms with E-state index in [9.17, 15) is 0 Å². The topological polar surface area (TPSA) is 9.23 Å². The van der Waals surface area contributed by atoms with Crippen LogP contribution < -0.4 is 5.46 Å². The minimum absolute atomic E-state index is 0.180. The van der Waals surface area contributed by atoms with Gasteiger partial charge in [0.1, 0.15) is 0 Å². The van der Waals surface area contributed by atoms with Crippen molar-refractivity contribution in [3.05, 3.63) is 30.3 Å². The van der Waals surface area contributed by atoms with Crippen LogP contribution in [0.4, 0.5) is 0 Å². The van der Waals surface area contributed by atoms with E-state index in [0.717, 1.165) is 16.8 Å². The molecule has 1 saturated heterocycles. The van der Waals surface area contributed by atoms with Gasteiger partial charge in [0, 0.05) is 22.0 Å². The molecule has 15 heavy (non-hydrogen) atoms. The van der Waals surface area contributed by atoms with Gasteiger partial charge in [0.25, 0.3) is 0 Å². The summed E-state index contributed by atoms with van der Waals surface area (Å²) in [7, 11) is 1.13. The Balaban J connectivity index is 2.16. The Hall–Kier alpha value is -0.538. The summed E-state index contributed by atoms with van der Waals surface area (Å²) in [6.45, 7) is 3.82. The van der Waals surface area contributed by atoms with Gasteiger partial charge in [-0.1, -0.05) is 42.6 Å². The molecule has 1 aliphatic rings. The van der Waals surface area contributed by atoms with Crippen LogP contribution in [0.1, 0.15) is 19.3 Å². The summed E-state index contributed by atoms with van der Waals surface area (Å²) < 4.78 is 6.04. The summed E-state index contributed by atoms with van der Waals surface area (Å²) in [6.07, 6.45) is 3.82. The van der Waals surface area contributed by atoms with Gasteiger partial charge in [0.2, 0.25) is 6.71 Å². The highest BCUT2D eigenvalue weighted by molar-refractivity contribution is 6.80. The van der Waals surface area contributed by atoms with Crippen LogP contribution in [0, 0.1) is 0 Å². The molecule has 1 aromatic carbocycles. The van der Waals surface area contributed by atoms with Crippen molar-refractivity contribution in [1.82, 2.24) is 0 Å². The molecule has 1 aliphatic heterocycles. The van der Waals surface area contributed by atoms with Gasteiger partial charge in [0.05, 0.1) is 0 Å². The van der Waals surface area contributed by atoms with Gasteiger partial charge in [0.15, 0.2) is 0 Å². The van der Waals surface area contributed by atoms with Gasteiger partial charge < -0.3 is 4.74 Å². The standard InChI is InChI=1S/C12H19BOSi/c1-13(11-7-3-2-4-8-11)12(15)9-5-6-10-14-12/h2-4,7-8H,5-6,9-10H2,1,15H3.